The van der Waals surface area contributed by atoms with Crippen molar-refractivity contribution >= 4 is 5.97 Å². The van der Waals surface area contributed by atoms with Crippen LogP contribution in [0.15, 0.2) is 48.7 Å². The number of aliphatic carboxylic acids is 1. The molecule has 0 spiro atoms. The fraction of sp³-hybridized carbons (Fsp3) is 0.400. The SMILES string of the molecule is CC(C)C[C@@H](C)N[C@@H](Cc1ccc(-c2ccccn2)cc1)C(=O)O. The normalized spacial score (nSPS) is 13.7. The molecule has 4 heteroatoms. The Hall–Kier alpha value is -2.20. The minimum atomic E-state index is -0.806. The zero-order valence-electron chi connectivity index (χ0n) is 14.6. The summed E-state index contributed by atoms with van der Waals surface area (Å²) in [5.74, 6) is -0.265. The summed E-state index contributed by atoms with van der Waals surface area (Å²) < 4.78 is 0. The third-order valence-electron chi connectivity index (χ3n) is 3.96. The number of rotatable bonds is 8. The predicted molar refractivity (Wildman–Crippen MR) is 96.9 cm³/mol. The van der Waals surface area contributed by atoms with Gasteiger partial charge in [-0.2, -0.15) is 0 Å². The van der Waals surface area contributed by atoms with Crippen molar-refractivity contribution in [3.63, 3.8) is 0 Å². The number of nitrogens with zero attached hydrogens (tertiary/aromatic N) is 1. The Bertz CT molecular complexity index is 638. The molecule has 4 nitrogen and oxygen atoms in total. The Labute approximate surface area is 143 Å². The number of benzene rings is 1. The summed E-state index contributed by atoms with van der Waals surface area (Å²) in [6.45, 7) is 6.33. The zero-order chi connectivity index (χ0) is 17.5. The second-order valence-electron chi connectivity index (χ2n) is 6.70. The van der Waals surface area contributed by atoms with Crippen molar-refractivity contribution in [2.75, 3.05) is 0 Å². The van der Waals surface area contributed by atoms with Crippen LogP contribution >= 0.6 is 0 Å². The molecule has 0 radical (unpaired) electrons. The monoisotopic (exact) mass is 326 g/mol. The highest BCUT2D eigenvalue weighted by molar-refractivity contribution is 5.74. The van der Waals surface area contributed by atoms with Gasteiger partial charge in [0.1, 0.15) is 6.04 Å². The summed E-state index contributed by atoms with van der Waals surface area (Å²) in [6, 6.07) is 13.4. The van der Waals surface area contributed by atoms with Gasteiger partial charge < -0.3 is 10.4 Å². The first-order valence-electron chi connectivity index (χ1n) is 8.45. The van der Waals surface area contributed by atoms with Crippen molar-refractivity contribution < 1.29 is 9.90 Å². The van der Waals surface area contributed by atoms with Crippen molar-refractivity contribution in [3.05, 3.63) is 54.2 Å². The van der Waals surface area contributed by atoms with Crippen molar-refractivity contribution in [2.24, 2.45) is 5.92 Å². The fourth-order valence-corrected chi connectivity index (χ4v) is 2.92. The van der Waals surface area contributed by atoms with Gasteiger partial charge in [0.2, 0.25) is 0 Å². The van der Waals surface area contributed by atoms with E-state index in [9.17, 15) is 9.90 Å². The lowest BCUT2D eigenvalue weighted by Gasteiger charge is -2.21. The van der Waals surface area contributed by atoms with Gasteiger partial charge in [-0.3, -0.25) is 9.78 Å². The molecule has 0 amide bonds. The number of carboxylic acid groups (broad SMARTS) is 1. The predicted octanol–water partition coefficient (Wildman–Crippen LogP) is 3.77. The van der Waals surface area contributed by atoms with Crippen LogP contribution in [-0.4, -0.2) is 28.1 Å². The molecule has 1 aromatic carbocycles. The van der Waals surface area contributed by atoms with Crippen LogP contribution in [0.1, 0.15) is 32.8 Å². The summed E-state index contributed by atoms with van der Waals surface area (Å²) in [5, 5.41) is 12.7. The van der Waals surface area contributed by atoms with E-state index < -0.39 is 12.0 Å². The molecule has 0 saturated carbocycles. The molecule has 0 bridgehead atoms. The van der Waals surface area contributed by atoms with Crippen LogP contribution in [0.25, 0.3) is 11.3 Å². The number of aromatic nitrogens is 1. The quantitative estimate of drug-likeness (QED) is 0.775. The van der Waals surface area contributed by atoms with E-state index in [0.717, 1.165) is 23.2 Å². The third-order valence-corrected chi connectivity index (χ3v) is 3.96. The molecule has 24 heavy (non-hydrogen) atoms. The highest BCUT2D eigenvalue weighted by atomic mass is 16.4. The summed E-state index contributed by atoms with van der Waals surface area (Å²) in [5.41, 5.74) is 2.96. The molecular formula is C20H26N2O2. The average molecular weight is 326 g/mol. The van der Waals surface area contributed by atoms with Crippen molar-refractivity contribution in [1.29, 1.82) is 0 Å². The van der Waals surface area contributed by atoms with E-state index in [-0.39, 0.29) is 6.04 Å². The highest BCUT2D eigenvalue weighted by Gasteiger charge is 2.20. The van der Waals surface area contributed by atoms with Gasteiger partial charge >= 0.3 is 5.97 Å². The molecular weight excluding hydrogens is 300 g/mol. The highest BCUT2D eigenvalue weighted by Crippen LogP contribution is 2.18. The summed E-state index contributed by atoms with van der Waals surface area (Å²) >= 11 is 0. The molecule has 1 heterocycles. The molecule has 0 unspecified atom stereocenters. The minimum Gasteiger partial charge on any atom is -0.480 e. The maximum absolute atomic E-state index is 11.5. The van der Waals surface area contributed by atoms with E-state index in [1.54, 1.807) is 6.20 Å². The van der Waals surface area contributed by atoms with Crippen molar-refractivity contribution in [3.8, 4) is 11.3 Å². The largest absolute Gasteiger partial charge is 0.480 e. The van der Waals surface area contributed by atoms with E-state index in [1.807, 2.05) is 49.4 Å². The van der Waals surface area contributed by atoms with E-state index in [2.05, 4.69) is 24.1 Å². The first-order chi connectivity index (χ1) is 11.5. The van der Waals surface area contributed by atoms with Crippen molar-refractivity contribution in [2.45, 2.75) is 45.7 Å². The smallest absolute Gasteiger partial charge is 0.321 e. The van der Waals surface area contributed by atoms with Gasteiger partial charge in [-0.15, -0.1) is 0 Å². The fourth-order valence-electron chi connectivity index (χ4n) is 2.92. The molecule has 0 aliphatic carbocycles. The van der Waals surface area contributed by atoms with Gasteiger partial charge in [-0.25, -0.2) is 0 Å². The minimum absolute atomic E-state index is 0.180. The topological polar surface area (TPSA) is 62.2 Å². The Balaban J connectivity index is 2.03. The second-order valence-corrected chi connectivity index (χ2v) is 6.70. The number of hydrogen-bond donors (Lipinski definition) is 2. The lowest BCUT2D eigenvalue weighted by Crippen LogP contribution is -2.44. The maximum atomic E-state index is 11.5. The first kappa shape index (κ1) is 18.1. The summed E-state index contributed by atoms with van der Waals surface area (Å²) in [6.07, 6.45) is 3.20. The Kier molecular flexibility index (Phi) is 6.50. The molecule has 2 aromatic rings. The number of carbonyl (C=O) groups is 1. The molecule has 2 rings (SSSR count). The van der Waals surface area contributed by atoms with Gasteiger partial charge in [0.25, 0.3) is 0 Å². The van der Waals surface area contributed by atoms with Gasteiger partial charge in [-0.05, 0) is 43.4 Å². The number of carboxylic acids is 1. The molecule has 0 aliphatic rings. The van der Waals surface area contributed by atoms with Gasteiger partial charge in [-0.1, -0.05) is 44.2 Å². The third kappa shape index (κ3) is 5.46. The molecule has 2 N–H and O–H groups in total. The molecule has 128 valence electrons. The number of nitrogens with one attached hydrogen (secondary N) is 1. The van der Waals surface area contributed by atoms with Gasteiger partial charge in [0, 0.05) is 17.8 Å². The Morgan fingerprint density at radius 1 is 1.12 bits per heavy atom. The first-order valence-corrected chi connectivity index (χ1v) is 8.45. The van der Waals surface area contributed by atoms with Crippen LogP contribution in [0, 0.1) is 5.92 Å². The molecule has 0 fully saturated rings. The lowest BCUT2D eigenvalue weighted by molar-refractivity contribution is -0.139. The van der Waals surface area contributed by atoms with E-state index in [4.69, 9.17) is 0 Å². The van der Waals surface area contributed by atoms with Crippen LogP contribution < -0.4 is 5.32 Å². The van der Waals surface area contributed by atoms with Gasteiger partial charge in [0.15, 0.2) is 0 Å². The van der Waals surface area contributed by atoms with Crippen LogP contribution in [0.3, 0.4) is 0 Å². The summed E-state index contributed by atoms with van der Waals surface area (Å²) in [4.78, 5) is 15.9. The average Bonchev–Trinajstić information content (AvgIpc) is 2.55. The van der Waals surface area contributed by atoms with Crippen LogP contribution in [0.4, 0.5) is 0 Å². The summed E-state index contributed by atoms with van der Waals surface area (Å²) in [7, 11) is 0. The van der Waals surface area contributed by atoms with Crippen molar-refractivity contribution in [1.82, 2.24) is 10.3 Å². The lowest BCUT2D eigenvalue weighted by atomic mass is 10.0. The Morgan fingerprint density at radius 2 is 1.83 bits per heavy atom. The molecule has 2 atom stereocenters. The maximum Gasteiger partial charge on any atom is 0.321 e. The molecule has 1 aromatic heterocycles. The standard InChI is InChI=1S/C20H26N2O2/c1-14(2)12-15(3)22-19(20(23)24)13-16-7-9-17(10-8-16)18-6-4-5-11-21-18/h4-11,14-15,19,22H,12-13H2,1-3H3,(H,23,24)/t15-,19+/m1/s1. The second kappa shape index (κ2) is 8.60. The van der Waals surface area contributed by atoms with Crippen LogP contribution in [-0.2, 0) is 11.2 Å². The van der Waals surface area contributed by atoms with E-state index >= 15 is 0 Å². The molecule has 0 aliphatic heterocycles. The number of hydrogen-bond acceptors (Lipinski definition) is 3. The number of pyridine rings is 1. The Morgan fingerprint density at radius 3 is 2.38 bits per heavy atom. The van der Waals surface area contributed by atoms with Crippen LogP contribution in [0.2, 0.25) is 0 Å². The zero-order valence-corrected chi connectivity index (χ0v) is 14.6. The van der Waals surface area contributed by atoms with E-state index in [1.165, 1.54) is 0 Å². The van der Waals surface area contributed by atoms with E-state index in [0.29, 0.717) is 12.3 Å². The van der Waals surface area contributed by atoms with Gasteiger partial charge in [0.05, 0.1) is 5.69 Å². The molecule has 0 saturated heterocycles. The van der Waals surface area contributed by atoms with Crippen LogP contribution in [0.5, 0.6) is 0 Å².